The molecule has 21 heavy (non-hydrogen) atoms. The van der Waals surface area contributed by atoms with E-state index in [9.17, 15) is 4.79 Å². The summed E-state index contributed by atoms with van der Waals surface area (Å²) >= 11 is 0. The van der Waals surface area contributed by atoms with E-state index in [-0.39, 0.29) is 6.03 Å². The number of allylic oxidation sites excluding steroid dienone is 2. The molecule has 0 spiro atoms. The van der Waals surface area contributed by atoms with Gasteiger partial charge in [-0.1, -0.05) is 18.2 Å². The Bertz CT molecular complexity index is 315. The summed E-state index contributed by atoms with van der Waals surface area (Å²) in [6, 6.07) is -0.0239. The van der Waals surface area contributed by atoms with Crippen LogP contribution in [0.3, 0.4) is 0 Å². The first-order valence-corrected chi connectivity index (χ1v) is 7.76. The van der Waals surface area contributed by atoms with Gasteiger partial charge in [0.25, 0.3) is 0 Å². The van der Waals surface area contributed by atoms with Crippen LogP contribution in [0.15, 0.2) is 38.0 Å². The minimum Gasteiger partial charge on any atom is -0.337 e. The van der Waals surface area contributed by atoms with E-state index >= 15 is 0 Å². The molecule has 0 fully saturated rings. The van der Waals surface area contributed by atoms with E-state index in [1.54, 1.807) is 5.01 Å². The number of rotatable bonds is 13. The summed E-state index contributed by atoms with van der Waals surface area (Å²) in [5.41, 5.74) is 0. The molecule has 0 aliphatic carbocycles. The molecular weight excluding hydrogens is 262 g/mol. The topological polar surface area (TPSA) is 35.6 Å². The molecule has 0 aliphatic heterocycles. The van der Waals surface area contributed by atoms with E-state index < -0.39 is 0 Å². The molecular formula is C17H31N3O. The Balaban J connectivity index is 4.25. The first-order valence-electron chi connectivity index (χ1n) is 7.76. The number of carbonyl (C=O) groups is 1. The zero-order valence-electron chi connectivity index (χ0n) is 13.5. The van der Waals surface area contributed by atoms with Gasteiger partial charge in [-0.05, 0) is 38.5 Å². The maximum Gasteiger partial charge on any atom is 0.331 e. The summed E-state index contributed by atoms with van der Waals surface area (Å²) in [5, 5.41) is 6.73. The van der Waals surface area contributed by atoms with Crippen LogP contribution in [0.1, 0.15) is 38.5 Å². The molecule has 0 saturated carbocycles. The molecule has 0 aromatic rings. The van der Waals surface area contributed by atoms with Gasteiger partial charge in [-0.2, -0.15) is 0 Å². The zero-order chi connectivity index (χ0) is 15.9. The van der Waals surface area contributed by atoms with Gasteiger partial charge in [0.05, 0.1) is 0 Å². The highest BCUT2D eigenvalue weighted by Crippen LogP contribution is 2.03. The van der Waals surface area contributed by atoms with E-state index in [1.807, 2.05) is 30.3 Å². The van der Waals surface area contributed by atoms with Crippen LogP contribution in [0.5, 0.6) is 0 Å². The van der Waals surface area contributed by atoms with Crippen LogP contribution in [0.4, 0.5) is 4.79 Å². The third kappa shape index (κ3) is 9.91. The van der Waals surface area contributed by atoms with Gasteiger partial charge in [0.2, 0.25) is 0 Å². The fourth-order valence-electron chi connectivity index (χ4n) is 1.91. The van der Waals surface area contributed by atoms with E-state index in [0.29, 0.717) is 13.1 Å². The van der Waals surface area contributed by atoms with Crippen molar-refractivity contribution in [3.05, 3.63) is 38.0 Å². The summed E-state index contributed by atoms with van der Waals surface area (Å²) in [7, 11) is 1.94. The summed E-state index contributed by atoms with van der Waals surface area (Å²) < 4.78 is 0. The molecule has 0 aromatic carbocycles. The number of urea groups is 1. The van der Waals surface area contributed by atoms with Crippen molar-refractivity contribution >= 4 is 6.03 Å². The van der Waals surface area contributed by atoms with E-state index in [1.165, 1.54) is 0 Å². The predicted octanol–water partition coefficient (Wildman–Crippen LogP) is 3.74. The molecule has 0 bridgehead atoms. The van der Waals surface area contributed by atoms with Crippen molar-refractivity contribution in [2.45, 2.75) is 38.5 Å². The fourth-order valence-corrected chi connectivity index (χ4v) is 1.91. The van der Waals surface area contributed by atoms with Crippen LogP contribution >= 0.6 is 0 Å². The first-order chi connectivity index (χ1) is 10.2. The highest BCUT2D eigenvalue weighted by Gasteiger charge is 2.16. The lowest BCUT2D eigenvalue weighted by molar-refractivity contribution is 0.0390. The van der Waals surface area contributed by atoms with Gasteiger partial charge in [-0.3, -0.25) is 5.01 Å². The normalized spacial score (nSPS) is 10.2. The van der Waals surface area contributed by atoms with Crippen molar-refractivity contribution in [3.63, 3.8) is 0 Å². The van der Waals surface area contributed by atoms with Gasteiger partial charge < -0.3 is 5.32 Å². The standard InChI is InChI=1S/C17H31N3O/c1-5-8-11-12-14-18-17(21)20(16-13-9-6-2)19(4)15-10-7-3/h5-7H,1-3,8-16H2,4H3,(H,18,21). The lowest BCUT2D eigenvalue weighted by atomic mass is 10.2. The molecule has 0 rings (SSSR count). The van der Waals surface area contributed by atoms with Crippen molar-refractivity contribution in [2.24, 2.45) is 0 Å². The Morgan fingerprint density at radius 1 is 0.952 bits per heavy atom. The monoisotopic (exact) mass is 293 g/mol. The van der Waals surface area contributed by atoms with Gasteiger partial charge in [-0.25, -0.2) is 9.80 Å². The maximum absolute atomic E-state index is 12.3. The number of nitrogens with zero attached hydrogens (tertiary/aromatic N) is 2. The zero-order valence-corrected chi connectivity index (χ0v) is 13.5. The molecule has 0 radical (unpaired) electrons. The van der Waals surface area contributed by atoms with E-state index in [2.05, 4.69) is 25.1 Å². The quantitative estimate of drug-likeness (QED) is 0.319. The van der Waals surface area contributed by atoms with Gasteiger partial charge in [0, 0.05) is 26.7 Å². The van der Waals surface area contributed by atoms with E-state index in [4.69, 9.17) is 0 Å². The Labute approximate surface area is 130 Å². The Morgan fingerprint density at radius 3 is 2.19 bits per heavy atom. The highest BCUT2D eigenvalue weighted by atomic mass is 16.2. The Kier molecular flexibility index (Phi) is 12.4. The highest BCUT2D eigenvalue weighted by molar-refractivity contribution is 5.73. The minimum atomic E-state index is -0.0239. The molecule has 120 valence electrons. The lowest BCUT2D eigenvalue weighted by Gasteiger charge is -2.31. The number of hydrogen-bond donors (Lipinski definition) is 1. The van der Waals surface area contributed by atoms with Crippen molar-refractivity contribution in [3.8, 4) is 0 Å². The Morgan fingerprint density at radius 2 is 1.57 bits per heavy atom. The second-order valence-corrected chi connectivity index (χ2v) is 5.03. The number of unbranched alkanes of at least 4 members (excludes halogenated alkanes) is 3. The third-order valence-corrected chi connectivity index (χ3v) is 3.19. The van der Waals surface area contributed by atoms with Crippen LogP contribution in [-0.4, -0.2) is 42.7 Å². The fraction of sp³-hybridized carbons (Fsp3) is 0.588. The van der Waals surface area contributed by atoms with Crippen molar-refractivity contribution in [1.82, 2.24) is 15.3 Å². The number of amides is 2. The van der Waals surface area contributed by atoms with Crippen molar-refractivity contribution in [2.75, 3.05) is 26.7 Å². The molecule has 4 heteroatoms. The second kappa shape index (κ2) is 13.4. The molecule has 0 atom stereocenters. The van der Waals surface area contributed by atoms with Gasteiger partial charge in [-0.15, -0.1) is 19.7 Å². The average molecular weight is 293 g/mol. The van der Waals surface area contributed by atoms with Gasteiger partial charge >= 0.3 is 6.03 Å². The second-order valence-electron chi connectivity index (χ2n) is 5.03. The van der Waals surface area contributed by atoms with Crippen LogP contribution in [-0.2, 0) is 0 Å². The maximum atomic E-state index is 12.3. The minimum absolute atomic E-state index is 0.0239. The summed E-state index contributed by atoms with van der Waals surface area (Å²) in [6.07, 6.45) is 11.4. The van der Waals surface area contributed by atoms with Gasteiger partial charge in [0.1, 0.15) is 0 Å². The number of carbonyl (C=O) groups excluding carboxylic acids is 1. The third-order valence-electron chi connectivity index (χ3n) is 3.19. The molecule has 2 amide bonds. The predicted molar refractivity (Wildman–Crippen MR) is 91.0 cm³/mol. The van der Waals surface area contributed by atoms with E-state index in [0.717, 1.165) is 45.1 Å². The number of nitrogens with one attached hydrogen (secondary N) is 1. The molecule has 0 unspecified atom stereocenters. The Hall–Kier alpha value is -1.55. The van der Waals surface area contributed by atoms with Crippen molar-refractivity contribution in [1.29, 1.82) is 0 Å². The summed E-state index contributed by atoms with van der Waals surface area (Å²) in [4.78, 5) is 12.3. The van der Waals surface area contributed by atoms with Crippen LogP contribution in [0.2, 0.25) is 0 Å². The molecule has 0 saturated heterocycles. The summed E-state index contributed by atoms with van der Waals surface area (Å²) in [6.45, 7) is 13.3. The average Bonchev–Trinajstić information content (AvgIpc) is 2.48. The lowest BCUT2D eigenvalue weighted by Crippen LogP contribution is -2.50. The molecule has 1 N–H and O–H groups in total. The largest absolute Gasteiger partial charge is 0.337 e. The van der Waals surface area contributed by atoms with Crippen LogP contribution < -0.4 is 5.32 Å². The van der Waals surface area contributed by atoms with Gasteiger partial charge in [0.15, 0.2) is 0 Å². The van der Waals surface area contributed by atoms with Crippen molar-refractivity contribution < 1.29 is 4.79 Å². The molecule has 0 aromatic heterocycles. The van der Waals surface area contributed by atoms with Crippen LogP contribution in [0, 0.1) is 0 Å². The SMILES string of the molecule is C=CCCCCNC(=O)N(CCCC=C)N(C)CCC=C. The smallest absolute Gasteiger partial charge is 0.331 e. The molecule has 4 nitrogen and oxygen atoms in total. The van der Waals surface area contributed by atoms with Crippen LogP contribution in [0.25, 0.3) is 0 Å². The first kappa shape index (κ1) is 19.4. The molecule has 0 aliphatic rings. The molecule has 0 heterocycles. The summed E-state index contributed by atoms with van der Waals surface area (Å²) in [5.74, 6) is 0. The number of hydrogen-bond acceptors (Lipinski definition) is 2. The number of hydrazine groups is 1.